The average molecular weight is 290 g/mol. The molecule has 4 nitrogen and oxygen atoms in total. The monoisotopic (exact) mass is 290 g/mol. The van der Waals surface area contributed by atoms with Crippen LogP contribution in [0.1, 0.15) is 18.4 Å². The van der Waals surface area contributed by atoms with Gasteiger partial charge in [-0.05, 0) is 30.5 Å². The Morgan fingerprint density at radius 2 is 1.84 bits per heavy atom. The maximum atomic E-state index is 12.0. The van der Waals surface area contributed by atoms with Crippen LogP contribution >= 0.6 is 0 Å². The van der Waals surface area contributed by atoms with Gasteiger partial charge in [-0.3, -0.25) is 0 Å². The molecule has 1 aromatic rings. The van der Waals surface area contributed by atoms with E-state index in [9.17, 15) is 17.2 Å². The molecule has 2 N–H and O–H groups in total. The van der Waals surface area contributed by atoms with Gasteiger partial charge in [0.2, 0.25) is 10.0 Å². The van der Waals surface area contributed by atoms with Gasteiger partial charge in [0.05, 0.1) is 11.4 Å². The zero-order chi connectivity index (χ0) is 13.9. The summed E-state index contributed by atoms with van der Waals surface area (Å²) in [4.78, 5) is 0.00308. The third-order valence-electron chi connectivity index (χ3n) is 2.83. The van der Waals surface area contributed by atoms with Gasteiger partial charge in [0, 0.05) is 12.6 Å². The number of hydrogen-bond donors (Lipinski definition) is 2. The summed E-state index contributed by atoms with van der Waals surface area (Å²) in [6, 6.07) is 6.81. The standard InChI is InChI=1S/C12H16F2N2O2S/c13-12(14)8-16-19(17,18)11-5-1-9(2-6-11)7-15-10-3-4-10/h1-2,5-6,10,12,15-16H,3-4,7-8H2. The largest absolute Gasteiger partial charge is 0.310 e. The van der Waals surface area contributed by atoms with Gasteiger partial charge in [-0.25, -0.2) is 21.9 Å². The van der Waals surface area contributed by atoms with Crippen molar-refractivity contribution >= 4 is 10.0 Å². The zero-order valence-corrected chi connectivity index (χ0v) is 11.1. The normalized spacial score (nSPS) is 15.9. The molecule has 1 aromatic carbocycles. The van der Waals surface area contributed by atoms with Crippen LogP contribution in [0.4, 0.5) is 8.78 Å². The van der Waals surface area contributed by atoms with E-state index >= 15 is 0 Å². The maximum Gasteiger partial charge on any atom is 0.251 e. The molecule has 0 aliphatic heterocycles. The Kier molecular flexibility index (Phi) is 4.49. The number of halogens is 2. The molecule has 2 rings (SSSR count). The number of benzene rings is 1. The highest BCUT2D eigenvalue weighted by Gasteiger charge is 2.20. The number of hydrogen-bond acceptors (Lipinski definition) is 3. The van der Waals surface area contributed by atoms with Crippen molar-refractivity contribution in [1.29, 1.82) is 0 Å². The molecule has 0 aromatic heterocycles. The van der Waals surface area contributed by atoms with E-state index in [1.807, 2.05) is 4.72 Å². The summed E-state index contributed by atoms with van der Waals surface area (Å²) in [6.45, 7) is -0.178. The molecule has 0 heterocycles. The molecule has 1 saturated carbocycles. The third-order valence-corrected chi connectivity index (χ3v) is 4.27. The lowest BCUT2D eigenvalue weighted by molar-refractivity contribution is 0.153. The fourth-order valence-electron chi connectivity index (χ4n) is 1.59. The van der Waals surface area contributed by atoms with Gasteiger partial charge in [-0.1, -0.05) is 12.1 Å². The van der Waals surface area contributed by atoms with Crippen molar-refractivity contribution < 1.29 is 17.2 Å². The maximum absolute atomic E-state index is 12.0. The van der Waals surface area contributed by atoms with Crippen LogP contribution in [-0.2, 0) is 16.6 Å². The van der Waals surface area contributed by atoms with Crippen molar-refractivity contribution in [2.24, 2.45) is 0 Å². The Hall–Kier alpha value is -1.05. The lowest BCUT2D eigenvalue weighted by Crippen LogP contribution is -2.28. The van der Waals surface area contributed by atoms with E-state index in [-0.39, 0.29) is 4.90 Å². The summed E-state index contributed by atoms with van der Waals surface area (Å²) in [5.74, 6) is 0. The van der Waals surface area contributed by atoms with Crippen molar-refractivity contribution in [3.63, 3.8) is 0 Å². The van der Waals surface area contributed by atoms with E-state index in [0.717, 1.165) is 5.56 Å². The first-order chi connectivity index (χ1) is 8.97. The van der Waals surface area contributed by atoms with Crippen LogP contribution in [0.5, 0.6) is 0 Å². The Balaban J connectivity index is 1.95. The molecule has 106 valence electrons. The zero-order valence-electron chi connectivity index (χ0n) is 10.3. The topological polar surface area (TPSA) is 58.2 Å². The van der Waals surface area contributed by atoms with Crippen molar-refractivity contribution in [1.82, 2.24) is 10.0 Å². The van der Waals surface area contributed by atoms with Gasteiger partial charge >= 0.3 is 0 Å². The van der Waals surface area contributed by atoms with Crippen LogP contribution in [0, 0.1) is 0 Å². The Morgan fingerprint density at radius 3 is 2.37 bits per heavy atom. The predicted octanol–water partition coefficient (Wildman–Crippen LogP) is 1.48. The third kappa shape index (κ3) is 4.52. The molecule has 0 atom stereocenters. The molecular formula is C12H16F2N2O2S. The second-order valence-corrected chi connectivity index (χ2v) is 6.31. The van der Waals surface area contributed by atoms with Gasteiger partial charge in [0.15, 0.2) is 0 Å². The van der Waals surface area contributed by atoms with Crippen LogP contribution in [0.3, 0.4) is 0 Å². The number of alkyl halides is 2. The predicted molar refractivity (Wildman–Crippen MR) is 67.5 cm³/mol. The minimum atomic E-state index is -3.84. The molecule has 1 aliphatic rings. The molecule has 0 amide bonds. The Morgan fingerprint density at radius 1 is 1.21 bits per heavy atom. The molecular weight excluding hydrogens is 274 g/mol. The highest BCUT2D eigenvalue weighted by molar-refractivity contribution is 7.89. The van der Waals surface area contributed by atoms with E-state index < -0.39 is 23.0 Å². The summed E-state index contributed by atoms with van der Waals surface area (Å²) in [5, 5.41) is 3.31. The highest BCUT2D eigenvalue weighted by atomic mass is 32.2. The summed E-state index contributed by atoms with van der Waals surface area (Å²) >= 11 is 0. The van der Waals surface area contributed by atoms with Gasteiger partial charge in [0.25, 0.3) is 6.43 Å². The molecule has 19 heavy (non-hydrogen) atoms. The first-order valence-corrected chi connectivity index (χ1v) is 7.56. The minimum absolute atomic E-state index is 0.00308. The van der Waals surface area contributed by atoms with Crippen molar-refractivity contribution in [2.45, 2.75) is 36.7 Å². The summed E-state index contributed by atoms with van der Waals surface area (Å²) < 4.78 is 49.2. The van der Waals surface area contributed by atoms with Crippen LogP contribution in [0.25, 0.3) is 0 Å². The SMILES string of the molecule is O=S(=O)(NCC(F)F)c1ccc(CNC2CC2)cc1. The Bertz CT molecular complexity index is 513. The number of rotatable bonds is 7. The number of sulfonamides is 1. The molecule has 1 aliphatic carbocycles. The molecule has 0 spiro atoms. The van der Waals surface area contributed by atoms with E-state index in [0.29, 0.717) is 12.6 Å². The molecule has 0 bridgehead atoms. The van der Waals surface area contributed by atoms with Gasteiger partial charge in [0.1, 0.15) is 0 Å². The van der Waals surface area contributed by atoms with Gasteiger partial charge in [-0.2, -0.15) is 0 Å². The summed E-state index contributed by atoms with van der Waals surface area (Å²) in [7, 11) is -3.84. The van der Waals surface area contributed by atoms with Crippen LogP contribution < -0.4 is 10.0 Å². The molecule has 1 fully saturated rings. The van der Waals surface area contributed by atoms with E-state index in [1.165, 1.54) is 25.0 Å². The molecule has 0 saturated heterocycles. The molecule has 0 radical (unpaired) electrons. The van der Waals surface area contributed by atoms with Crippen molar-refractivity contribution in [3.8, 4) is 0 Å². The van der Waals surface area contributed by atoms with Crippen LogP contribution in [0.2, 0.25) is 0 Å². The fourth-order valence-corrected chi connectivity index (χ4v) is 2.60. The summed E-state index contributed by atoms with van der Waals surface area (Å²) in [5.41, 5.74) is 0.972. The highest BCUT2D eigenvalue weighted by Crippen LogP contribution is 2.19. The second-order valence-electron chi connectivity index (χ2n) is 4.54. The van der Waals surface area contributed by atoms with Crippen LogP contribution in [0.15, 0.2) is 29.2 Å². The van der Waals surface area contributed by atoms with E-state index in [2.05, 4.69) is 5.32 Å². The Labute approximate surface area is 111 Å². The first-order valence-electron chi connectivity index (χ1n) is 6.07. The van der Waals surface area contributed by atoms with Gasteiger partial charge < -0.3 is 5.32 Å². The average Bonchev–Trinajstić information content (AvgIpc) is 3.19. The lowest BCUT2D eigenvalue weighted by Gasteiger charge is -2.07. The van der Waals surface area contributed by atoms with Gasteiger partial charge in [-0.15, -0.1) is 0 Å². The number of nitrogens with one attached hydrogen (secondary N) is 2. The van der Waals surface area contributed by atoms with Crippen LogP contribution in [-0.4, -0.2) is 27.4 Å². The summed E-state index contributed by atoms with van der Waals surface area (Å²) in [6.07, 6.45) is -0.328. The second kappa shape index (κ2) is 5.94. The quantitative estimate of drug-likeness (QED) is 0.800. The van der Waals surface area contributed by atoms with Crippen molar-refractivity contribution in [2.75, 3.05) is 6.54 Å². The minimum Gasteiger partial charge on any atom is -0.310 e. The first kappa shape index (κ1) is 14.4. The smallest absolute Gasteiger partial charge is 0.251 e. The van der Waals surface area contributed by atoms with Crippen molar-refractivity contribution in [3.05, 3.63) is 29.8 Å². The van der Waals surface area contributed by atoms with E-state index in [1.54, 1.807) is 12.1 Å². The fraction of sp³-hybridized carbons (Fsp3) is 0.500. The molecule has 7 heteroatoms. The van der Waals surface area contributed by atoms with E-state index in [4.69, 9.17) is 0 Å². The lowest BCUT2D eigenvalue weighted by atomic mass is 10.2. The molecule has 0 unspecified atom stereocenters.